The van der Waals surface area contributed by atoms with Gasteiger partial charge in [-0.05, 0) is 47.1 Å². The average Bonchev–Trinajstić information content (AvgIpc) is 2.43. The number of halogens is 3. The number of aliphatic hydroxyl groups is 1. The molecular formula is C15H13Br2FO2. The zero-order valence-corrected chi connectivity index (χ0v) is 13.9. The molecule has 106 valence electrons. The van der Waals surface area contributed by atoms with Gasteiger partial charge in [-0.15, -0.1) is 0 Å². The molecule has 0 aliphatic rings. The van der Waals surface area contributed by atoms with Gasteiger partial charge < -0.3 is 9.84 Å². The maximum Gasteiger partial charge on any atom is 0.137 e. The third-order valence-electron chi connectivity index (χ3n) is 2.84. The first kappa shape index (κ1) is 15.5. The molecule has 2 nitrogen and oxygen atoms in total. The fourth-order valence-electron chi connectivity index (χ4n) is 1.92. The van der Waals surface area contributed by atoms with Crippen LogP contribution < -0.4 is 4.74 Å². The Kier molecular flexibility index (Phi) is 5.18. The lowest BCUT2D eigenvalue weighted by Gasteiger charge is -2.18. The smallest absolute Gasteiger partial charge is 0.137 e. The number of ether oxygens (including phenoxy) is 1. The van der Waals surface area contributed by atoms with Crippen LogP contribution in [0.1, 0.15) is 24.2 Å². The van der Waals surface area contributed by atoms with Crippen molar-refractivity contribution < 1.29 is 14.2 Å². The largest absolute Gasteiger partial charge is 0.493 e. The monoisotopic (exact) mass is 402 g/mol. The van der Waals surface area contributed by atoms with Crippen molar-refractivity contribution in [3.05, 3.63) is 62.3 Å². The number of hydrogen-bond acceptors (Lipinski definition) is 2. The third kappa shape index (κ3) is 3.22. The number of aliphatic hydroxyl groups excluding tert-OH is 1. The van der Waals surface area contributed by atoms with Gasteiger partial charge in [-0.1, -0.05) is 28.1 Å². The molecule has 0 saturated carbocycles. The Morgan fingerprint density at radius 2 is 1.95 bits per heavy atom. The third-order valence-corrected chi connectivity index (χ3v) is 4.17. The molecule has 1 N–H and O–H groups in total. The van der Waals surface area contributed by atoms with E-state index in [0.717, 1.165) is 4.47 Å². The zero-order valence-electron chi connectivity index (χ0n) is 10.7. The average molecular weight is 404 g/mol. The van der Waals surface area contributed by atoms with Gasteiger partial charge in [-0.3, -0.25) is 0 Å². The number of benzene rings is 2. The topological polar surface area (TPSA) is 29.5 Å². The highest BCUT2D eigenvalue weighted by Gasteiger charge is 2.20. The minimum absolute atomic E-state index is 0.259. The fourth-order valence-corrected chi connectivity index (χ4v) is 2.78. The van der Waals surface area contributed by atoms with Crippen molar-refractivity contribution >= 4 is 31.9 Å². The second-order valence-corrected chi connectivity index (χ2v) is 5.87. The molecule has 5 heteroatoms. The van der Waals surface area contributed by atoms with E-state index in [1.165, 1.54) is 6.07 Å². The van der Waals surface area contributed by atoms with Crippen molar-refractivity contribution in [2.75, 3.05) is 6.61 Å². The molecule has 0 aliphatic carbocycles. The van der Waals surface area contributed by atoms with Gasteiger partial charge >= 0.3 is 0 Å². The fraction of sp³-hybridized carbons (Fsp3) is 0.200. The second kappa shape index (κ2) is 6.70. The normalized spacial score (nSPS) is 12.2. The molecule has 1 atom stereocenters. The van der Waals surface area contributed by atoms with Gasteiger partial charge in [-0.25, -0.2) is 4.39 Å². The molecule has 0 saturated heterocycles. The van der Waals surface area contributed by atoms with Crippen molar-refractivity contribution in [1.82, 2.24) is 0 Å². The van der Waals surface area contributed by atoms with E-state index in [0.29, 0.717) is 23.5 Å². The molecule has 2 aromatic carbocycles. The summed E-state index contributed by atoms with van der Waals surface area (Å²) in [5, 5.41) is 10.5. The van der Waals surface area contributed by atoms with E-state index in [2.05, 4.69) is 31.9 Å². The summed E-state index contributed by atoms with van der Waals surface area (Å²) in [6, 6.07) is 9.96. The van der Waals surface area contributed by atoms with Gasteiger partial charge in [-0.2, -0.15) is 0 Å². The minimum atomic E-state index is -0.973. The van der Waals surface area contributed by atoms with Gasteiger partial charge in [0.2, 0.25) is 0 Å². The Morgan fingerprint density at radius 1 is 1.20 bits per heavy atom. The lowest BCUT2D eigenvalue weighted by molar-refractivity contribution is 0.210. The summed E-state index contributed by atoms with van der Waals surface area (Å²) in [6.45, 7) is 2.36. The van der Waals surface area contributed by atoms with E-state index in [1.807, 2.05) is 13.0 Å². The lowest BCUT2D eigenvalue weighted by atomic mass is 10.0. The van der Waals surface area contributed by atoms with Crippen LogP contribution in [0, 0.1) is 5.82 Å². The van der Waals surface area contributed by atoms with Crippen LogP contribution in [0.4, 0.5) is 4.39 Å². The Bertz CT molecular complexity index is 617. The molecule has 0 fully saturated rings. The summed E-state index contributed by atoms with van der Waals surface area (Å²) in [4.78, 5) is 0. The molecule has 0 heterocycles. The highest BCUT2D eigenvalue weighted by atomic mass is 79.9. The Labute approximate surface area is 133 Å². The Balaban J connectivity index is 2.49. The van der Waals surface area contributed by atoms with Crippen LogP contribution in [-0.2, 0) is 0 Å². The molecule has 2 aromatic rings. The quantitative estimate of drug-likeness (QED) is 0.791. The van der Waals surface area contributed by atoms with Crippen molar-refractivity contribution in [3.63, 3.8) is 0 Å². The summed E-state index contributed by atoms with van der Waals surface area (Å²) >= 11 is 6.54. The van der Waals surface area contributed by atoms with Crippen LogP contribution in [0.3, 0.4) is 0 Å². The van der Waals surface area contributed by atoms with E-state index in [4.69, 9.17) is 4.74 Å². The van der Waals surface area contributed by atoms with Crippen LogP contribution in [0.5, 0.6) is 5.75 Å². The molecule has 0 amide bonds. The van der Waals surface area contributed by atoms with E-state index in [-0.39, 0.29) is 4.47 Å². The maximum atomic E-state index is 13.6. The van der Waals surface area contributed by atoms with Crippen molar-refractivity contribution in [2.24, 2.45) is 0 Å². The molecule has 20 heavy (non-hydrogen) atoms. The summed E-state index contributed by atoms with van der Waals surface area (Å²) in [5.41, 5.74) is 1.05. The second-order valence-electron chi connectivity index (χ2n) is 4.16. The van der Waals surface area contributed by atoms with Crippen molar-refractivity contribution in [2.45, 2.75) is 13.0 Å². The summed E-state index contributed by atoms with van der Waals surface area (Å²) in [7, 11) is 0. The van der Waals surface area contributed by atoms with Crippen LogP contribution >= 0.6 is 31.9 Å². The first-order valence-electron chi connectivity index (χ1n) is 6.08. The van der Waals surface area contributed by atoms with E-state index >= 15 is 0 Å². The standard InChI is InChI=1S/C15H13Br2FO2/c1-2-20-13-7-6-9(16)8-11(13)15(19)10-4-3-5-12(18)14(10)17/h3-8,15,19H,2H2,1H3. The summed E-state index contributed by atoms with van der Waals surface area (Å²) in [5.74, 6) is 0.175. The van der Waals surface area contributed by atoms with E-state index in [1.54, 1.807) is 24.3 Å². The molecule has 0 aromatic heterocycles. The predicted molar refractivity (Wildman–Crippen MR) is 83.5 cm³/mol. The van der Waals surface area contributed by atoms with Crippen molar-refractivity contribution in [3.8, 4) is 5.75 Å². The highest BCUT2D eigenvalue weighted by Crippen LogP contribution is 2.36. The minimum Gasteiger partial charge on any atom is -0.493 e. The Hall–Kier alpha value is -0.910. The zero-order chi connectivity index (χ0) is 14.7. The molecule has 0 radical (unpaired) electrons. The maximum absolute atomic E-state index is 13.6. The van der Waals surface area contributed by atoms with Gasteiger partial charge in [0.15, 0.2) is 0 Å². The summed E-state index contributed by atoms with van der Waals surface area (Å²) < 4.78 is 20.2. The Morgan fingerprint density at radius 3 is 2.65 bits per heavy atom. The van der Waals surface area contributed by atoms with Gasteiger partial charge in [0, 0.05) is 15.6 Å². The van der Waals surface area contributed by atoms with Crippen LogP contribution in [0.15, 0.2) is 45.3 Å². The first-order chi connectivity index (χ1) is 9.54. The molecule has 0 bridgehead atoms. The van der Waals surface area contributed by atoms with Gasteiger partial charge in [0.05, 0.1) is 11.1 Å². The van der Waals surface area contributed by atoms with Crippen LogP contribution in [0.25, 0.3) is 0 Å². The molecular weight excluding hydrogens is 391 g/mol. The first-order valence-corrected chi connectivity index (χ1v) is 7.67. The van der Waals surface area contributed by atoms with Crippen LogP contribution in [-0.4, -0.2) is 11.7 Å². The van der Waals surface area contributed by atoms with Crippen LogP contribution in [0.2, 0.25) is 0 Å². The molecule has 1 unspecified atom stereocenters. The molecule has 2 rings (SSSR count). The number of hydrogen-bond donors (Lipinski definition) is 1. The SMILES string of the molecule is CCOc1ccc(Br)cc1C(O)c1cccc(F)c1Br. The lowest BCUT2D eigenvalue weighted by Crippen LogP contribution is -2.05. The molecule has 0 spiro atoms. The molecule has 0 aliphatic heterocycles. The van der Waals surface area contributed by atoms with Gasteiger partial charge in [0.25, 0.3) is 0 Å². The van der Waals surface area contributed by atoms with E-state index < -0.39 is 11.9 Å². The van der Waals surface area contributed by atoms with Crippen molar-refractivity contribution in [1.29, 1.82) is 0 Å². The predicted octanol–water partition coefficient (Wildman–Crippen LogP) is 4.83. The summed E-state index contributed by atoms with van der Waals surface area (Å²) in [6.07, 6.45) is -0.973. The highest BCUT2D eigenvalue weighted by molar-refractivity contribution is 9.10. The van der Waals surface area contributed by atoms with Gasteiger partial charge in [0.1, 0.15) is 17.7 Å². The number of rotatable bonds is 4. The van der Waals surface area contributed by atoms with E-state index in [9.17, 15) is 9.50 Å².